The van der Waals surface area contributed by atoms with Crippen LogP contribution in [0.2, 0.25) is 5.02 Å². The zero-order valence-electron chi connectivity index (χ0n) is 17.2. The Hall–Kier alpha value is -2.50. The van der Waals surface area contributed by atoms with E-state index in [-0.39, 0.29) is 29.9 Å². The zero-order chi connectivity index (χ0) is 24.0. The number of alkyl halides is 3. The molecule has 33 heavy (non-hydrogen) atoms. The van der Waals surface area contributed by atoms with Crippen molar-refractivity contribution < 1.29 is 22.8 Å². The summed E-state index contributed by atoms with van der Waals surface area (Å²) in [5.41, 5.74) is 1.47. The van der Waals surface area contributed by atoms with Crippen molar-refractivity contribution in [1.82, 2.24) is 10.2 Å². The second-order valence-electron chi connectivity index (χ2n) is 7.07. The van der Waals surface area contributed by atoms with Crippen LogP contribution in [0.3, 0.4) is 0 Å². The third-order valence-electron chi connectivity index (χ3n) is 4.74. The summed E-state index contributed by atoms with van der Waals surface area (Å²) in [6.45, 7) is 0.605. The summed E-state index contributed by atoms with van der Waals surface area (Å²) in [5.74, 6) is -1.87. The smallest absolute Gasteiger partial charge is 0.368 e. The third kappa shape index (κ3) is 7.51. The minimum Gasteiger partial charge on any atom is -0.368 e. The molecule has 0 aromatic heterocycles. The Balaban J connectivity index is 1.43. The highest BCUT2D eigenvalue weighted by Crippen LogP contribution is 2.23. The fourth-order valence-corrected chi connectivity index (χ4v) is 4.16. The van der Waals surface area contributed by atoms with Gasteiger partial charge in [0.2, 0.25) is 5.91 Å². The molecule has 2 amide bonds. The van der Waals surface area contributed by atoms with Gasteiger partial charge < -0.3 is 20.4 Å². The van der Waals surface area contributed by atoms with Crippen LogP contribution in [0.5, 0.6) is 0 Å². The number of hydrogen-bond donors (Lipinski definition) is 2. The Kier molecular flexibility index (Phi) is 8.44. The molecule has 1 saturated heterocycles. The molecule has 0 aliphatic carbocycles. The summed E-state index contributed by atoms with van der Waals surface area (Å²) in [6, 6.07) is 14.2. The molecule has 176 valence electrons. The van der Waals surface area contributed by atoms with Crippen molar-refractivity contribution in [2.45, 2.75) is 11.1 Å². The number of amides is 2. The molecule has 1 heterocycles. The molecule has 0 unspecified atom stereocenters. The number of hydrogen-bond acceptors (Lipinski definition) is 5. The van der Waals surface area contributed by atoms with Crippen LogP contribution in [-0.2, 0) is 9.59 Å². The number of piperazine rings is 1. The standard InChI is InChI=1S/C21H20ClF3N4O2S2/c22-14-1-7-17(8-2-14)33-13-18(30)27-20(32)26-15-3-5-16(6-4-15)28-9-11-29(12-10-28)19(31)21(23,24)25/h1-8H,9-13H2,(H2,26,27,30,32). The lowest BCUT2D eigenvalue weighted by Crippen LogP contribution is -2.52. The normalized spacial score (nSPS) is 14.1. The molecule has 2 aromatic carbocycles. The molecule has 2 N–H and O–H groups in total. The molecule has 0 atom stereocenters. The van der Waals surface area contributed by atoms with E-state index in [9.17, 15) is 22.8 Å². The first kappa shape index (κ1) is 25.1. The predicted molar refractivity (Wildman–Crippen MR) is 128 cm³/mol. The summed E-state index contributed by atoms with van der Waals surface area (Å²) >= 11 is 12.4. The van der Waals surface area contributed by atoms with E-state index >= 15 is 0 Å². The minimum absolute atomic E-state index is 0.00247. The van der Waals surface area contributed by atoms with Gasteiger partial charge >= 0.3 is 12.1 Å². The highest BCUT2D eigenvalue weighted by atomic mass is 35.5. The Morgan fingerprint density at radius 1 is 1.00 bits per heavy atom. The molecule has 1 aliphatic rings. The summed E-state index contributed by atoms with van der Waals surface area (Å²) in [4.78, 5) is 27.1. The molecule has 0 bridgehead atoms. The van der Waals surface area contributed by atoms with Crippen molar-refractivity contribution in [3.05, 3.63) is 53.6 Å². The van der Waals surface area contributed by atoms with Gasteiger partial charge in [-0.2, -0.15) is 13.2 Å². The third-order valence-corrected chi connectivity index (χ3v) is 6.20. The maximum Gasteiger partial charge on any atom is 0.471 e. The van der Waals surface area contributed by atoms with Crippen LogP contribution in [0.1, 0.15) is 0 Å². The van der Waals surface area contributed by atoms with E-state index in [1.165, 1.54) is 11.8 Å². The summed E-state index contributed by atoms with van der Waals surface area (Å²) in [6.07, 6.45) is -4.85. The Morgan fingerprint density at radius 3 is 2.18 bits per heavy atom. The fourth-order valence-electron chi connectivity index (χ4n) is 3.11. The lowest BCUT2D eigenvalue weighted by atomic mass is 10.2. The molecular weight excluding hydrogens is 497 g/mol. The van der Waals surface area contributed by atoms with Crippen LogP contribution in [0.25, 0.3) is 0 Å². The van der Waals surface area contributed by atoms with Crippen LogP contribution >= 0.6 is 35.6 Å². The molecular formula is C21H20ClF3N4O2S2. The van der Waals surface area contributed by atoms with Gasteiger partial charge in [0.05, 0.1) is 5.75 Å². The van der Waals surface area contributed by atoms with E-state index in [0.717, 1.165) is 15.5 Å². The van der Waals surface area contributed by atoms with E-state index < -0.39 is 12.1 Å². The number of thioether (sulfide) groups is 1. The van der Waals surface area contributed by atoms with Crippen molar-refractivity contribution in [3.63, 3.8) is 0 Å². The first-order valence-corrected chi connectivity index (χ1v) is 11.6. The van der Waals surface area contributed by atoms with Gasteiger partial charge in [0.1, 0.15) is 0 Å². The van der Waals surface area contributed by atoms with Gasteiger partial charge in [0.15, 0.2) is 5.11 Å². The minimum atomic E-state index is -4.85. The second-order valence-corrected chi connectivity index (χ2v) is 8.96. The number of anilines is 2. The fraction of sp³-hybridized carbons (Fsp3) is 0.286. The number of nitrogens with zero attached hydrogens (tertiary/aromatic N) is 2. The van der Waals surface area contributed by atoms with Crippen molar-refractivity contribution in [2.24, 2.45) is 0 Å². The van der Waals surface area contributed by atoms with E-state index in [1.807, 2.05) is 17.0 Å². The number of carbonyl (C=O) groups excluding carboxylic acids is 2. The van der Waals surface area contributed by atoms with Gasteiger partial charge in [-0.05, 0) is 60.7 Å². The monoisotopic (exact) mass is 516 g/mol. The highest BCUT2D eigenvalue weighted by molar-refractivity contribution is 8.00. The lowest BCUT2D eigenvalue weighted by Gasteiger charge is -2.36. The van der Waals surface area contributed by atoms with Gasteiger partial charge in [-0.15, -0.1) is 11.8 Å². The maximum absolute atomic E-state index is 12.6. The van der Waals surface area contributed by atoms with E-state index in [2.05, 4.69) is 10.6 Å². The number of thiocarbonyl (C=S) groups is 1. The van der Waals surface area contributed by atoms with E-state index in [1.54, 1.807) is 36.4 Å². The van der Waals surface area contributed by atoms with Crippen LogP contribution in [0.4, 0.5) is 24.5 Å². The lowest BCUT2D eigenvalue weighted by molar-refractivity contribution is -0.185. The van der Waals surface area contributed by atoms with E-state index in [4.69, 9.17) is 23.8 Å². The quantitative estimate of drug-likeness (QED) is 0.460. The molecule has 0 saturated carbocycles. The van der Waals surface area contributed by atoms with Gasteiger partial charge in [-0.1, -0.05) is 11.6 Å². The van der Waals surface area contributed by atoms with Crippen LogP contribution < -0.4 is 15.5 Å². The molecule has 0 radical (unpaired) electrons. The zero-order valence-corrected chi connectivity index (χ0v) is 19.6. The number of carbonyl (C=O) groups is 2. The molecule has 1 fully saturated rings. The SMILES string of the molecule is O=C(CSc1ccc(Cl)cc1)NC(=S)Nc1ccc(N2CCN(C(=O)C(F)(F)F)CC2)cc1. The van der Waals surface area contributed by atoms with Gasteiger partial charge in [-0.3, -0.25) is 9.59 Å². The average molecular weight is 517 g/mol. The maximum atomic E-state index is 12.6. The predicted octanol–water partition coefficient (Wildman–Crippen LogP) is 4.16. The number of rotatable bonds is 5. The topological polar surface area (TPSA) is 64.7 Å². The van der Waals surface area contributed by atoms with Gasteiger partial charge in [-0.25, -0.2) is 0 Å². The van der Waals surface area contributed by atoms with Crippen molar-refractivity contribution in [1.29, 1.82) is 0 Å². The van der Waals surface area contributed by atoms with Crippen LogP contribution in [-0.4, -0.2) is 59.9 Å². The van der Waals surface area contributed by atoms with Gasteiger partial charge in [0.25, 0.3) is 0 Å². The van der Waals surface area contributed by atoms with Crippen LogP contribution in [0, 0.1) is 0 Å². The Morgan fingerprint density at radius 2 is 1.61 bits per heavy atom. The molecule has 1 aliphatic heterocycles. The highest BCUT2D eigenvalue weighted by Gasteiger charge is 2.43. The van der Waals surface area contributed by atoms with Crippen molar-refractivity contribution in [3.8, 4) is 0 Å². The van der Waals surface area contributed by atoms with Crippen LogP contribution in [0.15, 0.2) is 53.4 Å². The molecule has 6 nitrogen and oxygen atoms in total. The Bertz CT molecular complexity index is 996. The van der Waals surface area contributed by atoms with Gasteiger partial charge in [0, 0.05) is 47.5 Å². The summed E-state index contributed by atoms with van der Waals surface area (Å²) in [5, 5.41) is 6.31. The molecule has 0 spiro atoms. The first-order valence-electron chi connectivity index (χ1n) is 9.82. The first-order chi connectivity index (χ1) is 15.6. The molecule has 2 aromatic rings. The molecule has 12 heteroatoms. The number of halogens is 4. The Labute approximate surface area is 203 Å². The number of benzene rings is 2. The van der Waals surface area contributed by atoms with E-state index in [0.29, 0.717) is 23.8 Å². The van der Waals surface area contributed by atoms with Crippen molar-refractivity contribution >= 4 is 63.9 Å². The average Bonchev–Trinajstić information content (AvgIpc) is 2.78. The number of nitrogens with one attached hydrogen (secondary N) is 2. The largest absolute Gasteiger partial charge is 0.471 e. The van der Waals surface area contributed by atoms with Crippen molar-refractivity contribution in [2.75, 3.05) is 42.1 Å². The summed E-state index contributed by atoms with van der Waals surface area (Å²) in [7, 11) is 0. The molecule has 3 rings (SSSR count). The second kappa shape index (κ2) is 11.1. The summed E-state index contributed by atoms with van der Waals surface area (Å²) < 4.78 is 37.7.